The molecule has 0 spiro atoms. The Balaban J connectivity index is 1.40. The largest absolute Gasteiger partial charge is 0.308 e. The number of hydrogen-bond donors (Lipinski definition) is 0. The van der Waals surface area contributed by atoms with Crippen molar-refractivity contribution in [3.05, 3.63) is 139 Å². The summed E-state index contributed by atoms with van der Waals surface area (Å²) in [6.45, 7) is 4.23. The highest BCUT2D eigenvalue weighted by molar-refractivity contribution is 7.26. The van der Waals surface area contributed by atoms with E-state index in [1.54, 1.807) is 0 Å². The van der Waals surface area contributed by atoms with Crippen molar-refractivity contribution in [3.8, 4) is 33.9 Å². The molecular weight excluding hydrogens is 579 g/mol. The maximum absolute atomic E-state index is 5.33. The van der Waals surface area contributed by atoms with Crippen molar-refractivity contribution in [2.45, 2.75) is 13.8 Å². The van der Waals surface area contributed by atoms with Gasteiger partial charge in [0.25, 0.3) is 0 Å². The summed E-state index contributed by atoms with van der Waals surface area (Å²) in [5.74, 6) is 0.734. The summed E-state index contributed by atoms with van der Waals surface area (Å²) in [4.78, 5) is 10.5. The fourth-order valence-corrected chi connectivity index (χ4v) is 8.46. The van der Waals surface area contributed by atoms with Crippen molar-refractivity contribution >= 4 is 69.6 Å². The number of aryl methyl sites for hydroxylation is 2. The van der Waals surface area contributed by atoms with Crippen molar-refractivity contribution in [1.82, 2.24) is 14.4 Å². The Morgan fingerprint density at radius 1 is 0.500 bits per heavy atom. The molecule has 0 radical (unpaired) electrons. The molecule has 4 heterocycles. The number of nitrogens with zero attached hydrogens (tertiary/aromatic N) is 3. The lowest BCUT2D eigenvalue weighted by molar-refractivity contribution is 1.18. The molecule has 0 unspecified atom stereocenters. The second-order valence-electron chi connectivity index (χ2n) is 12.4. The van der Waals surface area contributed by atoms with Crippen LogP contribution in [-0.4, -0.2) is 14.4 Å². The highest BCUT2D eigenvalue weighted by Gasteiger charge is 2.22. The van der Waals surface area contributed by atoms with Crippen LogP contribution in [0.5, 0.6) is 0 Å². The Kier molecular flexibility index (Phi) is 5.29. The molecule has 10 rings (SSSR count). The maximum atomic E-state index is 5.33. The summed E-state index contributed by atoms with van der Waals surface area (Å²) in [7, 11) is 0. The summed E-state index contributed by atoms with van der Waals surface area (Å²) in [6, 6.07) is 46.3. The number of thiophene rings is 1. The zero-order valence-electron chi connectivity index (χ0n) is 25.4. The van der Waals surface area contributed by atoms with Gasteiger partial charge < -0.3 is 4.40 Å². The highest BCUT2D eigenvalue weighted by Crippen LogP contribution is 2.48. The van der Waals surface area contributed by atoms with Gasteiger partial charge in [0.05, 0.1) is 27.9 Å². The number of para-hydroxylation sites is 2. The fraction of sp³-hybridized carbons (Fsp3) is 0.0476. The molecule has 10 aromatic rings. The molecule has 4 aromatic heterocycles. The Bertz CT molecular complexity index is 2740. The van der Waals surface area contributed by atoms with Gasteiger partial charge in [-0.25, -0.2) is 9.97 Å². The topological polar surface area (TPSA) is 30.2 Å². The van der Waals surface area contributed by atoms with Gasteiger partial charge in [-0.1, -0.05) is 108 Å². The number of benzene rings is 6. The van der Waals surface area contributed by atoms with Gasteiger partial charge in [-0.3, -0.25) is 0 Å². The van der Waals surface area contributed by atoms with Gasteiger partial charge in [0.1, 0.15) is 0 Å². The Hall–Kier alpha value is -5.58. The predicted molar refractivity (Wildman–Crippen MR) is 195 cm³/mol. The first kappa shape index (κ1) is 25.7. The van der Waals surface area contributed by atoms with Gasteiger partial charge in [0.15, 0.2) is 5.82 Å². The van der Waals surface area contributed by atoms with Crippen LogP contribution in [0.15, 0.2) is 127 Å². The Morgan fingerprint density at radius 3 is 1.98 bits per heavy atom. The van der Waals surface area contributed by atoms with Crippen LogP contribution in [0.4, 0.5) is 0 Å². The zero-order chi connectivity index (χ0) is 30.5. The van der Waals surface area contributed by atoms with Crippen LogP contribution in [0.3, 0.4) is 0 Å². The molecule has 0 aliphatic rings. The first-order valence-corrected chi connectivity index (χ1v) is 16.5. The quantitative estimate of drug-likeness (QED) is 0.201. The van der Waals surface area contributed by atoms with Gasteiger partial charge in [0, 0.05) is 58.4 Å². The summed E-state index contributed by atoms with van der Waals surface area (Å²) in [5.41, 5.74) is 11.2. The molecule has 0 atom stereocenters. The zero-order valence-corrected chi connectivity index (χ0v) is 26.2. The van der Waals surface area contributed by atoms with Gasteiger partial charge in [-0.15, -0.1) is 11.3 Å². The van der Waals surface area contributed by atoms with E-state index < -0.39 is 0 Å². The van der Waals surface area contributed by atoms with Gasteiger partial charge in [-0.05, 0) is 44.2 Å². The van der Waals surface area contributed by atoms with Gasteiger partial charge in [-0.2, -0.15) is 0 Å². The number of hydrogen-bond acceptors (Lipinski definition) is 3. The second-order valence-corrected chi connectivity index (χ2v) is 13.4. The third-order valence-electron chi connectivity index (χ3n) is 9.51. The SMILES string of the molecule is Cc1ccc(-c2cc(-c3ccc4sc5cccc6c5c4c3c3cccc4c5ccccc5n6c43)nc(-c3ccc(C)cc3)n2)cc1. The predicted octanol–water partition coefficient (Wildman–Crippen LogP) is 11.6. The molecule has 0 saturated carbocycles. The molecule has 0 aliphatic heterocycles. The van der Waals surface area contributed by atoms with E-state index in [0.717, 1.165) is 33.9 Å². The molecule has 0 bridgehead atoms. The molecule has 6 aromatic carbocycles. The summed E-state index contributed by atoms with van der Waals surface area (Å²) in [5, 5.41) is 7.63. The molecule has 46 heavy (non-hydrogen) atoms. The van der Waals surface area contributed by atoms with Crippen LogP contribution < -0.4 is 0 Å². The molecule has 0 fully saturated rings. The molecule has 0 amide bonds. The molecule has 0 aliphatic carbocycles. The lowest BCUT2D eigenvalue weighted by Crippen LogP contribution is -1.96. The maximum Gasteiger partial charge on any atom is 0.160 e. The lowest BCUT2D eigenvalue weighted by atomic mass is 9.96. The first-order chi connectivity index (χ1) is 22.6. The van der Waals surface area contributed by atoms with E-state index in [2.05, 4.69) is 146 Å². The van der Waals surface area contributed by atoms with Crippen molar-refractivity contribution in [3.63, 3.8) is 0 Å². The van der Waals surface area contributed by atoms with E-state index in [1.807, 2.05) is 11.3 Å². The van der Waals surface area contributed by atoms with Crippen molar-refractivity contribution < 1.29 is 0 Å². The first-order valence-electron chi connectivity index (χ1n) is 15.7. The summed E-state index contributed by atoms with van der Waals surface area (Å²) in [6.07, 6.45) is 0. The third-order valence-corrected chi connectivity index (χ3v) is 10.6. The van der Waals surface area contributed by atoms with Crippen LogP contribution in [0.25, 0.3) is 92.2 Å². The molecule has 3 nitrogen and oxygen atoms in total. The average Bonchev–Trinajstić information content (AvgIpc) is 3.60. The molecule has 216 valence electrons. The van der Waals surface area contributed by atoms with Crippen LogP contribution in [0, 0.1) is 13.8 Å². The van der Waals surface area contributed by atoms with E-state index >= 15 is 0 Å². The third kappa shape index (κ3) is 3.59. The Labute approximate surface area is 269 Å². The van der Waals surface area contributed by atoms with Crippen molar-refractivity contribution in [1.29, 1.82) is 0 Å². The second kappa shape index (κ2) is 9.46. The molecular formula is C42H27N3S. The molecule has 4 heteroatoms. The summed E-state index contributed by atoms with van der Waals surface area (Å²) >= 11 is 1.87. The average molecular weight is 606 g/mol. The van der Waals surface area contributed by atoms with E-state index in [1.165, 1.54) is 69.4 Å². The van der Waals surface area contributed by atoms with Crippen molar-refractivity contribution in [2.75, 3.05) is 0 Å². The van der Waals surface area contributed by atoms with Crippen LogP contribution >= 0.6 is 11.3 Å². The number of fused-ring (bicyclic) bond motifs is 5. The van der Waals surface area contributed by atoms with E-state index in [9.17, 15) is 0 Å². The fourth-order valence-electron chi connectivity index (χ4n) is 7.33. The normalized spacial score (nSPS) is 12.1. The standard InChI is InChI=1S/C42H27N3S/c1-24-13-17-26(18-14-24)32-23-33(44-42(43-32)27-19-15-25(2)16-20-27)30-21-22-37-40-38(30)31-9-5-8-29-28-7-3-4-10-34(28)45(41(29)31)35-11-6-12-36(46-37)39(35)40/h3-23H,1-2H3. The number of aromatic nitrogens is 3. The number of rotatable bonds is 3. The van der Waals surface area contributed by atoms with Crippen LogP contribution in [0.1, 0.15) is 11.1 Å². The van der Waals surface area contributed by atoms with Gasteiger partial charge >= 0.3 is 0 Å². The highest BCUT2D eigenvalue weighted by atomic mass is 32.1. The van der Waals surface area contributed by atoms with Crippen molar-refractivity contribution in [2.24, 2.45) is 0 Å². The van der Waals surface area contributed by atoms with Crippen LogP contribution in [0.2, 0.25) is 0 Å². The minimum Gasteiger partial charge on any atom is -0.308 e. The van der Waals surface area contributed by atoms with E-state index in [0.29, 0.717) is 0 Å². The molecule has 0 N–H and O–H groups in total. The lowest BCUT2D eigenvalue weighted by Gasteiger charge is -2.12. The van der Waals surface area contributed by atoms with Gasteiger partial charge in [0.2, 0.25) is 0 Å². The van der Waals surface area contributed by atoms with Crippen LogP contribution in [-0.2, 0) is 0 Å². The summed E-state index contributed by atoms with van der Waals surface area (Å²) < 4.78 is 5.08. The monoisotopic (exact) mass is 605 g/mol. The molecule has 0 saturated heterocycles. The smallest absolute Gasteiger partial charge is 0.160 e. The van der Waals surface area contributed by atoms with E-state index in [4.69, 9.17) is 9.97 Å². The Morgan fingerprint density at radius 2 is 1.15 bits per heavy atom. The van der Waals surface area contributed by atoms with E-state index in [-0.39, 0.29) is 0 Å². The minimum atomic E-state index is 0.734. The minimum absolute atomic E-state index is 0.734.